The van der Waals surface area contributed by atoms with E-state index in [2.05, 4.69) is 0 Å². The molecular formula is C13H14O5. The topological polar surface area (TPSA) is 65.1 Å². The standard InChI is InChI=1S/C13H14O5/c1-8(14)16-6-11-5-10(13-7-17-13)3-4-12(11)18-9(2)15/h3-5,13H,6-7H2,1-2H3/t13-/m0/s1. The molecule has 0 radical (unpaired) electrons. The van der Waals surface area contributed by atoms with Gasteiger partial charge in [0, 0.05) is 19.4 Å². The lowest BCUT2D eigenvalue weighted by molar-refractivity contribution is -0.142. The minimum absolute atomic E-state index is 0.0819. The van der Waals surface area contributed by atoms with Gasteiger partial charge in [-0.25, -0.2) is 0 Å². The zero-order chi connectivity index (χ0) is 13.1. The summed E-state index contributed by atoms with van der Waals surface area (Å²) < 4.78 is 15.2. The third kappa shape index (κ3) is 3.30. The highest BCUT2D eigenvalue weighted by molar-refractivity contribution is 5.70. The lowest BCUT2D eigenvalue weighted by Crippen LogP contribution is -2.06. The van der Waals surface area contributed by atoms with Crippen LogP contribution in [0, 0.1) is 0 Å². The molecule has 0 amide bonds. The van der Waals surface area contributed by atoms with E-state index in [0.29, 0.717) is 17.9 Å². The molecule has 0 aliphatic carbocycles. The molecule has 0 spiro atoms. The van der Waals surface area contributed by atoms with Crippen LogP contribution in [0.1, 0.15) is 31.1 Å². The van der Waals surface area contributed by atoms with E-state index in [4.69, 9.17) is 14.2 Å². The van der Waals surface area contributed by atoms with Crippen LogP contribution in [0.3, 0.4) is 0 Å². The van der Waals surface area contributed by atoms with Gasteiger partial charge in [0.15, 0.2) is 0 Å². The van der Waals surface area contributed by atoms with Crippen LogP contribution in [-0.4, -0.2) is 18.5 Å². The van der Waals surface area contributed by atoms with Crippen LogP contribution >= 0.6 is 0 Å². The molecule has 5 heteroatoms. The normalized spacial score (nSPS) is 17.1. The van der Waals surface area contributed by atoms with Crippen molar-refractivity contribution in [2.75, 3.05) is 6.61 Å². The summed E-state index contributed by atoms with van der Waals surface area (Å²) in [5.74, 6) is -0.375. The largest absolute Gasteiger partial charge is 0.461 e. The molecule has 0 N–H and O–H groups in total. The third-order valence-corrected chi connectivity index (χ3v) is 2.47. The summed E-state index contributed by atoms with van der Waals surface area (Å²) in [7, 11) is 0. The Hall–Kier alpha value is -1.88. The Labute approximate surface area is 105 Å². The number of carbonyl (C=O) groups excluding carboxylic acids is 2. The van der Waals surface area contributed by atoms with Crippen molar-refractivity contribution in [3.8, 4) is 5.75 Å². The maximum absolute atomic E-state index is 11.0. The molecule has 0 aromatic heterocycles. The lowest BCUT2D eigenvalue weighted by atomic mass is 10.1. The van der Waals surface area contributed by atoms with Gasteiger partial charge in [-0.1, -0.05) is 6.07 Å². The van der Waals surface area contributed by atoms with Crippen molar-refractivity contribution >= 4 is 11.9 Å². The molecule has 0 bridgehead atoms. The number of carbonyl (C=O) groups is 2. The van der Waals surface area contributed by atoms with Gasteiger partial charge >= 0.3 is 11.9 Å². The molecule has 5 nitrogen and oxygen atoms in total. The summed E-state index contributed by atoms with van der Waals surface area (Å²) in [5, 5.41) is 0. The van der Waals surface area contributed by atoms with Gasteiger partial charge in [-0.2, -0.15) is 0 Å². The van der Waals surface area contributed by atoms with Gasteiger partial charge < -0.3 is 14.2 Å². The molecule has 1 saturated heterocycles. The van der Waals surface area contributed by atoms with Crippen molar-refractivity contribution in [1.29, 1.82) is 0 Å². The average molecular weight is 250 g/mol. The Bertz CT molecular complexity index is 476. The van der Waals surface area contributed by atoms with Crippen molar-refractivity contribution in [3.05, 3.63) is 29.3 Å². The quantitative estimate of drug-likeness (QED) is 0.462. The van der Waals surface area contributed by atoms with E-state index in [-0.39, 0.29) is 18.7 Å². The Balaban J connectivity index is 2.20. The number of ether oxygens (including phenoxy) is 3. The highest BCUT2D eigenvalue weighted by Gasteiger charge is 2.25. The summed E-state index contributed by atoms with van der Waals surface area (Å²) in [5.41, 5.74) is 1.65. The van der Waals surface area contributed by atoms with E-state index in [1.807, 2.05) is 12.1 Å². The SMILES string of the molecule is CC(=O)OCc1cc([C@@H]2CO2)ccc1OC(C)=O. The summed E-state index contributed by atoms with van der Waals surface area (Å²) in [6.45, 7) is 3.44. The molecule has 1 aromatic carbocycles. The second kappa shape index (κ2) is 5.18. The van der Waals surface area contributed by atoms with E-state index in [1.165, 1.54) is 13.8 Å². The van der Waals surface area contributed by atoms with Crippen LogP contribution < -0.4 is 4.74 Å². The van der Waals surface area contributed by atoms with Crippen molar-refractivity contribution in [3.63, 3.8) is 0 Å². The smallest absolute Gasteiger partial charge is 0.308 e. The van der Waals surface area contributed by atoms with E-state index in [1.54, 1.807) is 6.07 Å². The summed E-state index contributed by atoms with van der Waals surface area (Å²) in [4.78, 5) is 21.8. The zero-order valence-corrected chi connectivity index (χ0v) is 10.3. The van der Waals surface area contributed by atoms with E-state index in [9.17, 15) is 9.59 Å². The fraction of sp³-hybridized carbons (Fsp3) is 0.385. The Morgan fingerprint density at radius 1 is 1.33 bits per heavy atom. The number of epoxide rings is 1. The maximum atomic E-state index is 11.0. The van der Waals surface area contributed by atoms with Crippen LogP contribution in [0.4, 0.5) is 0 Å². The summed E-state index contributed by atoms with van der Waals surface area (Å²) in [6.07, 6.45) is 0.104. The fourth-order valence-electron chi connectivity index (χ4n) is 1.59. The first-order chi connectivity index (χ1) is 8.56. The first kappa shape index (κ1) is 12.6. The van der Waals surface area contributed by atoms with E-state index < -0.39 is 5.97 Å². The number of hydrogen-bond donors (Lipinski definition) is 0. The van der Waals surface area contributed by atoms with Crippen LogP contribution in [0.25, 0.3) is 0 Å². The Morgan fingerprint density at radius 3 is 2.61 bits per heavy atom. The van der Waals surface area contributed by atoms with Crippen LogP contribution in [0.15, 0.2) is 18.2 Å². The number of benzene rings is 1. The molecule has 0 saturated carbocycles. The molecule has 1 heterocycles. The Morgan fingerprint density at radius 2 is 2.06 bits per heavy atom. The number of rotatable bonds is 4. The van der Waals surface area contributed by atoms with Crippen LogP contribution in [-0.2, 0) is 25.7 Å². The predicted octanol–water partition coefficient (Wildman–Crippen LogP) is 1.75. The molecule has 0 unspecified atom stereocenters. The van der Waals surface area contributed by atoms with Crippen molar-refractivity contribution in [1.82, 2.24) is 0 Å². The molecule has 2 rings (SSSR count). The van der Waals surface area contributed by atoms with Crippen LogP contribution in [0.5, 0.6) is 5.75 Å². The second-order valence-corrected chi connectivity index (χ2v) is 4.06. The second-order valence-electron chi connectivity index (χ2n) is 4.06. The highest BCUT2D eigenvalue weighted by atomic mass is 16.6. The Kier molecular flexibility index (Phi) is 3.62. The molecule has 96 valence electrons. The van der Waals surface area contributed by atoms with Gasteiger partial charge in [0.1, 0.15) is 18.5 Å². The van der Waals surface area contributed by atoms with Gasteiger partial charge in [-0.15, -0.1) is 0 Å². The molecular weight excluding hydrogens is 236 g/mol. The van der Waals surface area contributed by atoms with E-state index >= 15 is 0 Å². The molecule has 1 atom stereocenters. The van der Waals surface area contributed by atoms with Gasteiger partial charge in [-0.3, -0.25) is 9.59 Å². The summed E-state index contributed by atoms with van der Waals surface area (Å²) >= 11 is 0. The third-order valence-electron chi connectivity index (χ3n) is 2.47. The average Bonchev–Trinajstić information content (AvgIpc) is 3.10. The molecule has 1 fully saturated rings. The van der Waals surface area contributed by atoms with Crippen molar-refractivity contribution < 1.29 is 23.8 Å². The summed E-state index contributed by atoms with van der Waals surface area (Å²) in [6, 6.07) is 5.36. The van der Waals surface area contributed by atoms with E-state index in [0.717, 1.165) is 5.56 Å². The van der Waals surface area contributed by atoms with Gasteiger partial charge in [0.25, 0.3) is 0 Å². The zero-order valence-electron chi connectivity index (χ0n) is 10.3. The maximum Gasteiger partial charge on any atom is 0.308 e. The van der Waals surface area contributed by atoms with Crippen LogP contribution in [0.2, 0.25) is 0 Å². The number of hydrogen-bond acceptors (Lipinski definition) is 5. The number of esters is 2. The molecule has 18 heavy (non-hydrogen) atoms. The first-order valence-corrected chi connectivity index (χ1v) is 5.62. The fourth-order valence-corrected chi connectivity index (χ4v) is 1.59. The lowest BCUT2D eigenvalue weighted by Gasteiger charge is -2.10. The molecule has 1 aliphatic rings. The van der Waals surface area contributed by atoms with Gasteiger partial charge in [-0.05, 0) is 17.7 Å². The van der Waals surface area contributed by atoms with Gasteiger partial charge in [0.2, 0.25) is 0 Å². The van der Waals surface area contributed by atoms with Gasteiger partial charge in [0.05, 0.1) is 6.61 Å². The minimum atomic E-state index is -0.408. The molecule has 1 aliphatic heterocycles. The molecule has 1 aromatic rings. The first-order valence-electron chi connectivity index (χ1n) is 5.62. The highest BCUT2D eigenvalue weighted by Crippen LogP contribution is 2.33. The minimum Gasteiger partial charge on any atom is -0.461 e. The predicted molar refractivity (Wildman–Crippen MR) is 61.9 cm³/mol. The van der Waals surface area contributed by atoms with Crippen molar-refractivity contribution in [2.24, 2.45) is 0 Å². The monoisotopic (exact) mass is 250 g/mol. The van der Waals surface area contributed by atoms with Crippen molar-refractivity contribution in [2.45, 2.75) is 26.6 Å².